The number of aliphatic hydroxyl groups is 1. The first-order valence-electron chi connectivity index (χ1n) is 7.51. The van der Waals surface area contributed by atoms with Gasteiger partial charge < -0.3 is 15.2 Å². The SMILES string of the molecule is CC1CCCC(OCC(O)CNCc2cccnn2)C1. The Bertz CT molecular complexity index is 375. The Labute approximate surface area is 120 Å². The Kier molecular flexibility index (Phi) is 6.36. The number of hydrogen-bond donors (Lipinski definition) is 2. The van der Waals surface area contributed by atoms with Crippen LogP contribution in [0.1, 0.15) is 38.3 Å². The van der Waals surface area contributed by atoms with Gasteiger partial charge in [-0.1, -0.05) is 19.8 Å². The zero-order valence-corrected chi connectivity index (χ0v) is 12.2. The molecule has 112 valence electrons. The molecule has 2 rings (SSSR count). The zero-order chi connectivity index (χ0) is 14.2. The summed E-state index contributed by atoms with van der Waals surface area (Å²) in [5.41, 5.74) is 0.877. The van der Waals surface area contributed by atoms with Crippen LogP contribution >= 0.6 is 0 Å². The first-order valence-corrected chi connectivity index (χ1v) is 7.51. The van der Waals surface area contributed by atoms with E-state index in [4.69, 9.17) is 4.74 Å². The van der Waals surface area contributed by atoms with Gasteiger partial charge in [0.25, 0.3) is 0 Å². The number of nitrogens with zero attached hydrogens (tertiary/aromatic N) is 2. The highest BCUT2D eigenvalue weighted by atomic mass is 16.5. The fourth-order valence-corrected chi connectivity index (χ4v) is 2.63. The molecule has 1 aliphatic rings. The molecule has 1 aliphatic carbocycles. The van der Waals surface area contributed by atoms with Gasteiger partial charge in [-0.2, -0.15) is 10.2 Å². The normalized spacial score (nSPS) is 24.5. The number of hydrogen-bond acceptors (Lipinski definition) is 5. The smallest absolute Gasteiger partial charge is 0.0897 e. The second-order valence-corrected chi connectivity index (χ2v) is 5.73. The van der Waals surface area contributed by atoms with E-state index in [1.165, 1.54) is 12.8 Å². The predicted octanol–water partition coefficient (Wildman–Crippen LogP) is 1.52. The summed E-state index contributed by atoms with van der Waals surface area (Å²) in [4.78, 5) is 0. The number of aliphatic hydroxyl groups excluding tert-OH is 1. The first-order chi connectivity index (χ1) is 9.74. The molecule has 2 N–H and O–H groups in total. The summed E-state index contributed by atoms with van der Waals surface area (Å²) in [6.07, 6.45) is 6.31. The van der Waals surface area contributed by atoms with Crippen LogP contribution in [0.4, 0.5) is 0 Å². The van der Waals surface area contributed by atoms with Crippen LogP contribution in [0.5, 0.6) is 0 Å². The summed E-state index contributed by atoms with van der Waals surface area (Å²) in [5.74, 6) is 0.751. The van der Waals surface area contributed by atoms with Gasteiger partial charge in [-0.25, -0.2) is 0 Å². The third-order valence-electron chi connectivity index (χ3n) is 3.73. The number of nitrogens with one attached hydrogen (secondary N) is 1. The van der Waals surface area contributed by atoms with Crippen molar-refractivity contribution in [2.24, 2.45) is 5.92 Å². The molecule has 1 fully saturated rings. The minimum absolute atomic E-state index is 0.327. The highest BCUT2D eigenvalue weighted by molar-refractivity contribution is 4.98. The third-order valence-corrected chi connectivity index (χ3v) is 3.73. The minimum Gasteiger partial charge on any atom is -0.389 e. The highest BCUT2D eigenvalue weighted by Gasteiger charge is 2.20. The van der Waals surface area contributed by atoms with Crippen LogP contribution in [0.15, 0.2) is 18.3 Å². The average molecular weight is 279 g/mol. The molecule has 0 amide bonds. The van der Waals surface area contributed by atoms with Crippen LogP contribution < -0.4 is 5.32 Å². The maximum absolute atomic E-state index is 9.90. The van der Waals surface area contributed by atoms with Gasteiger partial charge in [-0.3, -0.25) is 0 Å². The Morgan fingerprint density at radius 1 is 1.50 bits per heavy atom. The van der Waals surface area contributed by atoms with Crippen molar-refractivity contribution in [1.29, 1.82) is 0 Å². The third kappa shape index (κ3) is 5.53. The van der Waals surface area contributed by atoms with E-state index >= 15 is 0 Å². The molecular weight excluding hydrogens is 254 g/mol. The van der Waals surface area contributed by atoms with Crippen molar-refractivity contribution in [2.45, 2.75) is 51.4 Å². The largest absolute Gasteiger partial charge is 0.389 e. The molecule has 1 aromatic rings. The van der Waals surface area contributed by atoms with E-state index in [0.29, 0.717) is 25.8 Å². The maximum Gasteiger partial charge on any atom is 0.0897 e. The second kappa shape index (κ2) is 8.29. The van der Waals surface area contributed by atoms with Crippen molar-refractivity contribution >= 4 is 0 Å². The molecule has 0 bridgehead atoms. The lowest BCUT2D eigenvalue weighted by Crippen LogP contribution is -2.33. The summed E-state index contributed by atoms with van der Waals surface area (Å²) in [7, 11) is 0. The van der Waals surface area contributed by atoms with Crippen molar-refractivity contribution in [3.63, 3.8) is 0 Å². The van der Waals surface area contributed by atoms with Crippen molar-refractivity contribution in [3.8, 4) is 0 Å². The van der Waals surface area contributed by atoms with Gasteiger partial charge in [0.2, 0.25) is 0 Å². The van der Waals surface area contributed by atoms with Gasteiger partial charge in [0, 0.05) is 19.3 Å². The predicted molar refractivity (Wildman–Crippen MR) is 77.1 cm³/mol. The van der Waals surface area contributed by atoms with E-state index < -0.39 is 6.10 Å². The topological polar surface area (TPSA) is 67.3 Å². The Morgan fingerprint density at radius 2 is 2.40 bits per heavy atom. The monoisotopic (exact) mass is 279 g/mol. The minimum atomic E-state index is -0.469. The lowest BCUT2D eigenvalue weighted by molar-refractivity contribution is -0.0306. The fraction of sp³-hybridized carbons (Fsp3) is 0.733. The molecule has 0 aromatic carbocycles. The highest BCUT2D eigenvalue weighted by Crippen LogP contribution is 2.25. The number of rotatable bonds is 7. The molecule has 1 saturated carbocycles. The lowest BCUT2D eigenvalue weighted by atomic mass is 9.89. The van der Waals surface area contributed by atoms with Gasteiger partial charge in [-0.05, 0) is 30.9 Å². The summed E-state index contributed by atoms with van der Waals surface area (Å²) < 4.78 is 5.80. The standard InChI is InChI=1S/C15H25N3O2/c1-12-4-2-6-15(8-12)20-11-14(19)10-16-9-13-5-3-7-17-18-13/h3,5,7,12,14-16,19H,2,4,6,8-11H2,1H3. The van der Waals surface area contributed by atoms with E-state index in [-0.39, 0.29) is 0 Å². The van der Waals surface area contributed by atoms with E-state index in [2.05, 4.69) is 22.4 Å². The van der Waals surface area contributed by atoms with Gasteiger partial charge in [0.1, 0.15) is 0 Å². The molecule has 1 heterocycles. The molecule has 0 spiro atoms. The van der Waals surface area contributed by atoms with E-state index in [1.807, 2.05) is 12.1 Å². The Hall–Kier alpha value is -1.04. The zero-order valence-electron chi connectivity index (χ0n) is 12.2. The molecule has 3 atom stereocenters. The molecule has 0 radical (unpaired) electrons. The van der Waals surface area contributed by atoms with Crippen LogP contribution in [0.3, 0.4) is 0 Å². The summed E-state index contributed by atoms with van der Waals surface area (Å²) in [6, 6.07) is 3.76. The quantitative estimate of drug-likeness (QED) is 0.792. The molecule has 3 unspecified atom stereocenters. The Morgan fingerprint density at radius 3 is 3.15 bits per heavy atom. The summed E-state index contributed by atoms with van der Waals surface area (Å²) in [6.45, 7) is 3.81. The van der Waals surface area contributed by atoms with Crippen molar-refractivity contribution < 1.29 is 9.84 Å². The molecule has 1 aromatic heterocycles. The molecule has 20 heavy (non-hydrogen) atoms. The molecule has 0 aliphatic heterocycles. The molecule has 5 heteroatoms. The van der Waals surface area contributed by atoms with Gasteiger partial charge in [-0.15, -0.1) is 0 Å². The number of ether oxygens (including phenoxy) is 1. The average Bonchev–Trinajstić information content (AvgIpc) is 2.46. The van der Waals surface area contributed by atoms with Crippen LogP contribution in [0.25, 0.3) is 0 Å². The molecular formula is C15H25N3O2. The number of aromatic nitrogens is 2. The van der Waals surface area contributed by atoms with Gasteiger partial charge >= 0.3 is 0 Å². The van der Waals surface area contributed by atoms with E-state index in [1.54, 1.807) is 6.20 Å². The molecule has 5 nitrogen and oxygen atoms in total. The van der Waals surface area contributed by atoms with Crippen molar-refractivity contribution in [3.05, 3.63) is 24.0 Å². The van der Waals surface area contributed by atoms with E-state index in [0.717, 1.165) is 24.5 Å². The maximum atomic E-state index is 9.90. The summed E-state index contributed by atoms with van der Waals surface area (Å²) in [5, 5.41) is 20.9. The van der Waals surface area contributed by atoms with Crippen molar-refractivity contribution in [2.75, 3.05) is 13.2 Å². The lowest BCUT2D eigenvalue weighted by Gasteiger charge is -2.27. The van der Waals surface area contributed by atoms with E-state index in [9.17, 15) is 5.11 Å². The fourth-order valence-electron chi connectivity index (χ4n) is 2.63. The van der Waals surface area contributed by atoms with Gasteiger partial charge in [0.15, 0.2) is 0 Å². The van der Waals surface area contributed by atoms with Gasteiger partial charge in [0.05, 0.1) is 24.5 Å². The van der Waals surface area contributed by atoms with Crippen LogP contribution in [0, 0.1) is 5.92 Å². The first kappa shape index (κ1) is 15.4. The van der Waals surface area contributed by atoms with Crippen LogP contribution in [-0.4, -0.2) is 40.7 Å². The van der Waals surface area contributed by atoms with Crippen LogP contribution in [0.2, 0.25) is 0 Å². The second-order valence-electron chi connectivity index (χ2n) is 5.73. The van der Waals surface area contributed by atoms with Crippen molar-refractivity contribution in [1.82, 2.24) is 15.5 Å². The molecule has 0 saturated heterocycles. The summed E-state index contributed by atoms with van der Waals surface area (Å²) >= 11 is 0. The Balaban J connectivity index is 1.57. The van der Waals surface area contributed by atoms with Crippen LogP contribution in [-0.2, 0) is 11.3 Å².